The molecule has 0 aliphatic heterocycles. The maximum absolute atomic E-state index is 10.0. The van der Waals surface area contributed by atoms with Crippen molar-refractivity contribution in [1.29, 1.82) is 0 Å². The Morgan fingerprint density at radius 2 is 1.77 bits per heavy atom. The Bertz CT molecular complexity index is 831. The Kier molecular flexibility index (Phi) is 3.55. The first-order chi connectivity index (χ1) is 10.6. The van der Waals surface area contributed by atoms with E-state index in [9.17, 15) is 5.11 Å². The van der Waals surface area contributed by atoms with Crippen molar-refractivity contribution in [1.82, 2.24) is 9.97 Å². The molecule has 0 amide bonds. The predicted molar refractivity (Wildman–Crippen MR) is 87.5 cm³/mol. The molecule has 1 heterocycles. The molecule has 0 aliphatic carbocycles. The van der Waals surface area contributed by atoms with Gasteiger partial charge in [-0.15, -0.1) is 0 Å². The zero-order chi connectivity index (χ0) is 15.7. The lowest BCUT2D eigenvalue weighted by Crippen LogP contribution is -2.13. The van der Waals surface area contributed by atoms with Crippen LogP contribution in [0.3, 0.4) is 0 Å². The van der Waals surface area contributed by atoms with Crippen LogP contribution in [-0.2, 0) is 0 Å². The molecule has 1 N–H and O–H groups in total. The second-order valence-electron chi connectivity index (χ2n) is 5.14. The number of anilines is 1. The predicted octanol–water partition coefficient (Wildman–Crippen LogP) is 3.08. The number of phenolic OH excluding ortho intramolecular Hbond substituents is 1. The summed E-state index contributed by atoms with van der Waals surface area (Å²) in [5, 5.41) is 10.9. The van der Waals surface area contributed by atoms with E-state index in [0.717, 1.165) is 22.5 Å². The lowest BCUT2D eigenvalue weighted by Gasteiger charge is -2.17. The lowest BCUT2D eigenvalue weighted by atomic mass is 10.1. The molecule has 0 spiro atoms. The molecule has 0 saturated heterocycles. The van der Waals surface area contributed by atoms with E-state index >= 15 is 0 Å². The molecule has 0 unspecified atom stereocenters. The van der Waals surface area contributed by atoms with Gasteiger partial charge in [0.05, 0.1) is 23.6 Å². The van der Waals surface area contributed by atoms with Crippen LogP contribution in [0.15, 0.2) is 42.5 Å². The molecule has 112 valence electrons. The highest BCUT2D eigenvalue weighted by atomic mass is 16.5. The van der Waals surface area contributed by atoms with Crippen molar-refractivity contribution in [2.75, 3.05) is 26.1 Å². The summed E-state index contributed by atoms with van der Waals surface area (Å²) in [6.45, 7) is 0. The molecule has 0 radical (unpaired) electrons. The van der Waals surface area contributed by atoms with Crippen molar-refractivity contribution >= 4 is 16.7 Å². The van der Waals surface area contributed by atoms with Gasteiger partial charge >= 0.3 is 0 Å². The third kappa shape index (κ3) is 2.30. The summed E-state index contributed by atoms with van der Waals surface area (Å²) in [7, 11) is 5.47. The second-order valence-corrected chi connectivity index (χ2v) is 5.14. The molecule has 0 bridgehead atoms. The van der Waals surface area contributed by atoms with Crippen LogP contribution in [-0.4, -0.2) is 36.3 Å². The van der Waals surface area contributed by atoms with Crippen LogP contribution < -0.4 is 9.64 Å². The van der Waals surface area contributed by atoms with Gasteiger partial charge in [-0.25, -0.2) is 9.97 Å². The maximum Gasteiger partial charge on any atom is 0.165 e. The summed E-state index contributed by atoms with van der Waals surface area (Å²) >= 11 is 0. The average Bonchev–Trinajstić information content (AvgIpc) is 2.53. The summed E-state index contributed by atoms with van der Waals surface area (Å²) < 4.78 is 5.43. The molecule has 2 aromatic carbocycles. The van der Waals surface area contributed by atoms with E-state index in [1.807, 2.05) is 43.3 Å². The van der Waals surface area contributed by atoms with Crippen molar-refractivity contribution in [2.24, 2.45) is 0 Å². The molecular weight excluding hydrogens is 278 g/mol. The van der Waals surface area contributed by atoms with E-state index in [1.54, 1.807) is 25.3 Å². The van der Waals surface area contributed by atoms with E-state index in [1.165, 1.54) is 0 Å². The summed E-state index contributed by atoms with van der Waals surface area (Å²) in [5.41, 5.74) is 1.38. The Balaban J connectivity index is 2.34. The van der Waals surface area contributed by atoms with Gasteiger partial charge in [0.1, 0.15) is 17.3 Å². The Morgan fingerprint density at radius 1 is 1.00 bits per heavy atom. The van der Waals surface area contributed by atoms with Crippen molar-refractivity contribution in [2.45, 2.75) is 0 Å². The van der Waals surface area contributed by atoms with Gasteiger partial charge in [-0.2, -0.15) is 0 Å². The topological polar surface area (TPSA) is 58.5 Å². The molecular formula is C17H17N3O2. The van der Waals surface area contributed by atoms with Crippen molar-refractivity contribution in [3.63, 3.8) is 0 Å². The number of hydrogen-bond acceptors (Lipinski definition) is 5. The Hall–Kier alpha value is -2.82. The molecule has 1 aromatic heterocycles. The smallest absolute Gasteiger partial charge is 0.165 e. The number of methoxy groups -OCH3 is 1. The summed E-state index contributed by atoms with van der Waals surface area (Å²) in [5.74, 6) is 2.13. The highest BCUT2D eigenvalue weighted by Crippen LogP contribution is 2.35. The summed E-state index contributed by atoms with van der Waals surface area (Å²) in [6, 6.07) is 12.7. The van der Waals surface area contributed by atoms with E-state index in [-0.39, 0.29) is 5.75 Å². The van der Waals surface area contributed by atoms with Gasteiger partial charge < -0.3 is 14.7 Å². The number of aromatic nitrogens is 2. The standard InChI is InChI=1S/C17H17N3O2/c1-20(2)17-15-12(8-6-10-14(15)22-3)18-16(19-17)11-7-4-5-9-13(11)21/h4-10,21H,1-3H3. The van der Waals surface area contributed by atoms with E-state index in [2.05, 4.69) is 9.97 Å². The number of aromatic hydroxyl groups is 1. The molecule has 0 saturated carbocycles. The van der Waals surface area contributed by atoms with Gasteiger partial charge in [-0.1, -0.05) is 18.2 Å². The molecule has 0 atom stereocenters. The fraction of sp³-hybridized carbons (Fsp3) is 0.176. The SMILES string of the molecule is COc1cccc2nc(-c3ccccc3O)nc(N(C)C)c12. The second kappa shape index (κ2) is 5.52. The Morgan fingerprint density at radius 3 is 2.45 bits per heavy atom. The summed E-state index contributed by atoms with van der Waals surface area (Å²) in [4.78, 5) is 11.1. The van der Waals surface area contributed by atoms with Crippen LogP contribution >= 0.6 is 0 Å². The fourth-order valence-corrected chi connectivity index (χ4v) is 2.41. The highest BCUT2D eigenvalue weighted by Gasteiger charge is 2.16. The number of benzene rings is 2. The van der Waals surface area contributed by atoms with Gasteiger partial charge in [-0.05, 0) is 24.3 Å². The first-order valence-electron chi connectivity index (χ1n) is 6.92. The van der Waals surface area contributed by atoms with Crippen molar-refractivity contribution in [3.8, 4) is 22.9 Å². The van der Waals surface area contributed by atoms with Gasteiger partial charge in [-0.3, -0.25) is 0 Å². The van der Waals surface area contributed by atoms with Gasteiger partial charge in [0.15, 0.2) is 5.82 Å². The molecule has 3 rings (SSSR count). The molecule has 5 heteroatoms. The number of rotatable bonds is 3. The minimum atomic E-state index is 0.162. The molecule has 0 fully saturated rings. The minimum absolute atomic E-state index is 0.162. The average molecular weight is 295 g/mol. The number of para-hydroxylation sites is 1. The van der Waals surface area contributed by atoms with Crippen LogP contribution in [0, 0.1) is 0 Å². The van der Waals surface area contributed by atoms with E-state index in [0.29, 0.717) is 11.4 Å². The zero-order valence-corrected chi connectivity index (χ0v) is 12.7. The lowest BCUT2D eigenvalue weighted by molar-refractivity contribution is 0.419. The van der Waals surface area contributed by atoms with E-state index in [4.69, 9.17) is 4.74 Å². The van der Waals surface area contributed by atoms with Crippen LogP contribution in [0.2, 0.25) is 0 Å². The van der Waals surface area contributed by atoms with E-state index < -0.39 is 0 Å². The first kappa shape index (κ1) is 14.1. The highest BCUT2D eigenvalue weighted by molar-refractivity contribution is 5.96. The third-order valence-corrected chi connectivity index (χ3v) is 3.45. The van der Waals surface area contributed by atoms with Gasteiger partial charge in [0.2, 0.25) is 0 Å². The van der Waals surface area contributed by atoms with Crippen molar-refractivity contribution in [3.05, 3.63) is 42.5 Å². The number of phenols is 1. The van der Waals surface area contributed by atoms with Crippen LogP contribution in [0.5, 0.6) is 11.5 Å². The number of ether oxygens (including phenoxy) is 1. The third-order valence-electron chi connectivity index (χ3n) is 3.45. The van der Waals surface area contributed by atoms with Crippen LogP contribution in [0.4, 0.5) is 5.82 Å². The van der Waals surface area contributed by atoms with Gasteiger partial charge in [0.25, 0.3) is 0 Å². The quantitative estimate of drug-likeness (QED) is 0.804. The normalized spacial score (nSPS) is 10.7. The van der Waals surface area contributed by atoms with Gasteiger partial charge in [0, 0.05) is 14.1 Å². The monoisotopic (exact) mass is 295 g/mol. The molecule has 3 aromatic rings. The minimum Gasteiger partial charge on any atom is -0.507 e. The zero-order valence-electron chi connectivity index (χ0n) is 12.7. The maximum atomic E-state index is 10.0. The van der Waals surface area contributed by atoms with Crippen LogP contribution in [0.1, 0.15) is 0 Å². The summed E-state index contributed by atoms with van der Waals surface area (Å²) in [6.07, 6.45) is 0. The van der Waals surface area contributed by atoms with Crippen molar-refractivity contribution < 1.29 is 9.84 Å². The van der Waals surface area contributed by atoms with Crippen LogP contribution in [0.25, 0.3) is 22.3 Å². The fourth-order valence-electron chi connectivity index (χ4n) is 2.41. The molecule has 0 aliphatic rings. The number of fused-ring (bicyclic) bond motifs is 1. The first-order valence-corrected chi connectivity index (χ1v) is 6.92. The largest absolute Gasteiger partial charge is 0.507 e. The number of hydrogen-bond donors (Lipinski definition) is 1. The molecule has 22 heavy (non-hydrogen) atoms. The Labute approximate surface area is 128 Å². The molecule has 5 nitrogen and oxygen atoms in total. The number of nitrogens with zero attached hydrogens (tertiary/aromatic N) is 3.